The first kappa shape index (κ1) is 27.8. The van der Waals surface area contributed by atoms with Gasteiger partial charge in [0.2, 0.25) is 0 Å². The molecule has 0 spiro atoms. The van der Waals surface area contributed by atoms with Crippen molar-refractivity contribution in [2.45, 2.75) is 40.5 Å². The van der Waals surface area contributed by atoms with Gasteiger partial charge in [0.15, 0.2) is 5.96 Å². The van der Waals surface area contributed by atoms with Gasteiger partial charge >= 0.3 is 0 Å². The Morgan fingerprint density at radius 1 is 0.941 bits per heavy atom. The predicted octanol–water partition coefficient (Wildman–Crippen LogP) is 4.53. The van der Waals surface area contributed by atoms with E-state index < -0.39 is 0 Å². The zero-order chi connectivity index (χ0) is 23.5. The van der Waals surface area contributed by atoms with Crippen molar-refractivity contribution in [2.24, 2.45) is 4.99 Å². The van der Waals surface area contributed by atoms with Gasteiger partial charge in [-0.25, -0.2) is 4.68 Å². The molecule has 2 N–H and O–H groups in total. The number of hydrogen-bond acceptors (Lipinski definition) is 4. The third-order valence-electron chi connectivity index (χ3n) is 5.20. The van der Waals surface area contributed by atoms with Crippen LogP contribution in [0.15, 0.2) is 59.6 Å². The Morgan fingerprint density at radius 3 is 2.41 bits per heavy atom. The highest BCUT2D eigenvalue weighted by molar-refractivity contribution is 14.0. The highest BCUT2D eigenvalue weighted by atomic mass is 127. The van der Waals surface area contributed by atoms with Crippen LogP contribution in [0.5, 0.6) is 0 Å². The predicted molar refractivity (Wildman–Crippen MR) is 148 cm³/mol. The lowest BCUT2D eigenvalue weighted by Gasteiger charge is -2.15. The summed E-state index contributed by atoms with van der Waals surface area (Å²) in [4.78, 5) is 4.38. The Bertz CT molecular complexity index is 1050. The molecular weight excluding hydrogens is 541 g/mol. The SMILES string of the molecule is CCOCCOCc1cccc(CNC(=NC)NCc2ccccc2-n2nc(C)cc2C)c1.I. The van der Waals surface area contributed by atoms with Crippen molar-refractivity contribution >= 4 is 29.9 Å². The summed E-state index contributed by atoms with van der Waals surface area (Å²) in [6, 6.07) is 18.8. The van der Waals surface area contributed by atoms with Gasteiger partial charge < -0.3 is 20.1 Å². The lowest BCUT2D eigenvalue weighted by molar-refractivity contribution is 0.0453. The van der Waals surface area contributed by atoms with Gasteiger partial charge in [0.25, 0.3) is 0 Å². The molecule has 0 aliphatic carbocycles. The number of ether oxygens (including phenoxy) is 2. The summed E-state index contributed by atoms with van der Waals surface area (Å²) in [6.07, 6.45) is 0. The molecule has 7 nitrogen and oxygen atoms in total. The second-order valence-corrected chi connectivity index (χ2v) is 7.82. The first-order chi connectivity index (χ1) is 16.1. The third-order valence-corrected chi connectivity index (χ3v) is 5.20. The molecule has 1 aromatic heterocycles. The van der Waals surface area contributed by atoms with Crippen LogP contribution in [-0.2, 0) is 29.2 Å². The van der Waals surface area contributed by atoms with Crippen LogP contribution >= 0.6 is 24.0 Å². The van der Waals surface area contributed by atoms with Gasteiger partial charge in [-0.15, -0.1) is 24.0 Å². The molecule has 0 amide bonds. The molecule has 0 atom stereocenters. The molecule has 0 fully saturated rings. The van der Waals surface area contributed by atoms with E-state index in [0.29, 0.717) is 39.5 Å². The molecule has 3 aromatic rings. The van der Waals surface area contributed by atoms with E-state index in [1.807, 2.05) is 30.7 Å². The monoisotopic (exact) mass is 577 g/mol. The Hall–Kier alpha value is -2.43. The average Bonchev–Trinajstić information content (AvgIpc) is 3.17. The molecule has 2 aromatic carbocycles. The van der Waals surface area contributed by atoms with Gasteiger partial charge in [0.1, 0.15) is 0 Å². The molecule has 0 saturated carbocycles. The van der Waals surface area contributed by atoms with Crippen molar-refractivity contribution in [2.75, 3.05) is 26.9 Å². The summed E-state index contributed by atoms with van der Waals surface area (Å²) in [5.74, 6) is 0.747. The molecule has 1 heterocycles. The van der Waals surface area contributed by atoms with Gasteiger partial charge in [-0.2, -0.15) is 5.10 Å². The first-order valence-electron chi connectivity index (χ1n) is 11.4. The van der Waals surface area contributed by atoms with Gasteiger partial charge in [-0.1, -0.05) is 42.5 Å². The van der Waals surface area contributed by atoms with Crippen molar-refractivity contribution in [3.05, 3.63) is 82.7 Å². The van der Waals surface area contributed by atoms with E-state index in [1.165, 1.54) is 5.56 Å². The van der Waals surface area contributed by atoms with E-state index in [4.69, 9.17) is 9.47 Å². The van der Waals surface area contributed by atoms with E-state index in [0.717, 1.165) is 34.2 Å². The van der Waals surface area contributed by atoms with Crippen LogP contribution < -0.4 is 10.6 Å². The van der Waals surface area contributed by atoms with Crippen molar-refractivity contribution < 1.29 is 9.47 Å². The minimum absolute atomic E-state index is 0. The number of halogens is 1. The molecule has 0 bridgehead atoms. The fourth-order valence-corrected chi connectivity index (χ4v) is 3.61. The maximum absolute atomic E-state index is 5.68. The smallest absolute Gasteiger partial charge is 0.191 e. The topological polar surface area (TPSA) is 72.7 Å². The fraction of sp³-hybridized carbons (Fsp3) is 0.385. The summed E-state index contributed by atoms with van der Waals surface area (Å²) in [5.41, 5.74) is 6.67. The Balaban J connectivity index is 0.00000408. The number of nitrogens with one attached hydrogen (secondary N) is 2. The number of guanidine groups is 1. The van der Waals surface area contributed by atoms with E-state index in [1.54, 1.807) is 7.05 Å². The van der Waals surface area contributed by atoms with Crippen LogP contribution in [0.4, 0.5) is 0 Å². The minimum Gasteiger partial charge on any atom is -0.379 e. The molecular formula is C26H36IN5O2. The van der Waals surface area contributed by atoms with Gasteiger partial charge in [0, 0.05) is 32.4 Å². The van der Waals surface area contributed by atoms with Crippen molar-refractivity contribution in [3.63, 3.8) is 0 Å². The van der Waals surface area contributed by atoms with E-state index in [9.17, 15) is 0 Å². The number of hydrogen-bond donors (Lipinski definition) is 2. The van der Waals surface area contributed by atoms with Crippen molar-refractivity contribution in [1.29, 1.82) is 0 Å². The second-order valence-electron chi connectivity index (χ2n) is 7.82. The fourth-order valence-electron chi connectivity index (χ4n) is 3.61. The Labute approximate surface area is 220 Å². The zero-order valence-electron chi connectivity index (χ0n) is 20.5. The molecule has 184 valence electrons. The summed E-state index contributed by atoms with van der Waals surface area (Å²) in [6.45, 7) is 9.91. The molecule has 8 heteroatoms. The first-order valence-corrected chi connectivity index (χ1v) is 11.4. The number of benzene rings is 2. The number of nitrogens with zero attached hydrogens (tertiary/aromatic N) is 3. The van der Waals surface area contributed by atoms with Crippen LogP contribution in [0.3, 0.4) is 0 Å². The summed E-state index contributed by atoms with van der Waals surface area (Å²) in [7, 11) is 1.78. The normalized spacial score (nSPS) is 11.2. The lowest BCUT2D eigenvalue weighted by Crippen LogP contribution is -2.36. The Morgan fingerprint density at radius 2 is 1.68 bits per heavy atom. The highest BCUT2D eigenvalue weighted by Crippen LogP contribution is 2.17. The maximum Gasteiger partial charge on any atom is 0.191 e. The number of aromatic nitrogens is 2. The van der Waals surface area contributed by atoms with E-state index >= 15 is 0 Å². The second kappa shape index (κ2) is 14.7. The van der Waals surface area contributed by atoms with Crippen LogP contribution in [0, 0.1) is 13.8 Å². The highest BCUT2D eigenvalue weighted by Gasteiger charge is 2.09. The molecule has 0 unspecified atom stereocenters. The van der Waals surface area contributed by atoms with Crippen LogP contribution in [0.1, 0.15) is 35.0 Å². The number of rotatable bonds is 11. The summed E-state index contributed by atoms with van der Waals surface area (Å²) >= 11 is 0. The maximum atomic E-state index is 5.68. The quantitative estimate of drug-likeness (QED) is 0.152. The van der Waals surface area contributed by atoms with Gasteiger partial charge in [0.05, 0.1) is 31.2 Å². The summed E-state index contributed by atoms with van der Waals surface area (Å²) < 4.78 is 13.0. The van der Waals surface area contributed by atoms with Gasteiger partial charge in [-0.3, -0.25) is 4.99 Å². The molecule has 3 rings (SSSR count). The molecule has 0 radical (unpaired) electrons. The van der Waals surface area contributed by atoms with Crippen LogP contribution in [0.2, 0.25) is 0 Å². The standard InChI is InChI=1S/C26H35N5O2.HI/c1-5-32-13-14-33-19-23-10-8-9-22(16-23)17-28-26(27-4)29-18-24-11-6-7-12-25(24)31-21(3)15-20(2)30-31;/h6-12,15-16H,5,13-14,17-19H2,1-4H3,(H2,27,28,29);1H. The number of aliphatic imine (C=N–C) groups is 1. The molecule has 34 heavy (non-hydrogen) atoms. The van der Waals surface area contributed by atoms with Gasteiger partial charge in [-0.05, 0) is 49.6 Å². The number of aryl methyl sites for hydroxylation is 2. The Kier molecular flexibility index (Phi) is 12.1. The average molecular weight is 578 g/mol. The van der Waals surface area contributed by atoms with Crippen molar-refractivity contribution in [1.82, 2.24) is 20.4 Å². The largest absolute Gasteiger partial charge is 0.379 e. The van der Waals surface area contributed by atoms with E-state index in [-0.39, 0.29) is 24.0 Å². The molecule has 0 saturated heterocycles. The van der Waals surface area contributed by atoms with E-state index in [2.05, 4.69) is 70.1 Å². The lowest BCUT2D eigenvalue weighted by atomic mass is 10.1. The summed E-state index contributed by atoms with van der Waals surface area (Å²) in [5, 5.41) is 11.5. The third kappa shape index (κ3) is 8.41. The minimum atomic E-state index is 0. The van der Waals surface area contributed by atoms with Crippen LogP contribution in [0.25, 0.3) is 5.69 Å². The molecule has 0 aliphatic rings. The number of para-hydroxylation sites is 1. The van der Waals surface area contributed by atoms with Crippen LogP contribution in [-0.4, -0.2) is 42.6 Å². The zero-order valence-corrected chi connectivity index (χ0v) is 22.8. The molecule has 0 aliphatic heterocycles. The van der Waals surface area contributed by atoms with Crippen molar-refractivity contribution in [3.8, 4) is 5.69 Å².